The highest BCUT2D eigenvalue weighted by molar-refractivity contribution is 6.04. The maximum atomic E-state index is 10.7. The molecule has 1 atom stereocenters. The summed E-state index contributed by atoms with van der Waals surface area (Å²) in [5.74, 6) is 0. The first-order valence-electron chi connectivity index (χ1n) is 7.51. The molecule has 0 heterocycles. The molecule has 2 N–H and O–H groups in total. The number of para-hydroxylation sites is 1. The number of aliphatic hydroxyl groups is 1. The van der Waals surface area contributed by atoms with Crippen LogP contribution < -0.4 is 5.43 Å². The fraction of sp³-hybridized carbons (Fsp3) is 0.0500. The highest BCUT2D eigenvalue weighted by atomic mass is 16.3. The van der Waals surface area contributed by atoms with Crippen molar-refractivity contribution < 1.29 is 5.11 Å². The Morgan fingerprint density at radius 2 is 1.26 bits per heavy atom. The second kappa shape index (κ2) is 7.38. The molecular weight excluding hydrogens is 284 g/mol. The Bertz CT molecular complexity index is 755. The molecule has 0 saturated heterocycles. The summed E-state index contributed by atoms with van der Waals surface area (Å²) >= 11 is 0. The summed E-state index contributed by atoms with van der Waals surface area (Å²) in [5, 5.41) is 15.2. The zero-order valence-electron chi connectivity index (χ0n) is 12.6. The van der Waals surface area contributed by atoms with E-state index in [9.17, 15) is 5.11 Å². The van der Waals surface area contributed by atoms with Crippen molar-refractivity contribution in [2.45, 2.75) is 6.10 Å². The van der Waals surface area contributed by atoms with E-state index in [1.165, 1.54) is 0 Å². The molecule has 114 valence electrons. The Balaban J connectivity index is 1.94. The Morgan fingerprint density at radius 3 is 1.87 bits per heavy atom. The fourth-order valence-corrected chi connectivity index (χ4v) is 2.32. The lowest BCUT2D eigenvalue weighted by Gasteiger charge is -2.15. The van der Waals surface area contributed by atoms with Crippen LogP contribution in [0.25, 0.3) is 0 Å². The number of nitrogens with one attached hydrogen (secondary N) is 1. The third-order valence-corrected chi connectivity index (χ3v) is 3.52. The quantitative estimate of drug-likeness (QED) is 0.547. The van der Waals surface area contributed by atoms with Gasteiger partial charge >= 0.3 is 0 Å². The number of hydrogen-bond acceptors (Lipinski definition) is 3. The number of aliphatic hydroxyl groups excluding tert-OH is 1. The van der Waals surface area contributed by atoms with Gasteiger partial charge in [-0.3, -0.25) is 5.43 Å². The first-order chi connectivity index (χ1) is 11.3. The minimum atomic E-state index is -0.796. The molecule has 0 spiro atoms. The Labute approximate surface area is 135 Å². The van der Waals surface area contributed by atoms with Crippen LogP contribution in [0, 0.1) is 0 Å². The summed E-state index contributed by atoms with van der Waals surface area (Å²) in [7, 11) is 0. The SMILES string of the molecule is O[C@H](/C(=N/Nc1ccccc1)c1ccccc1)c1ccccc1. The standard InChI is InChI=1S/C20H18N2O/c23-20(17-12-6-2-7-13-17)19(16-10-4-1-5-11-16)22-21-18-14-8-3-9-15-18/h1-15,20-21,23H/b22-19+/t20-/m0/s1. The van der Waals surface area contributed by atoms with Crippen LogP contribution in [0.5, 0.6) is 0 Å². The van der Waals surface area contributed by atoms with Gasteiger partial charge in [0.2, 0.25) is 0 Å². The van der Waals surface area contributed by atoms with Crippen molar-refractivity contribution in [3.63, 3.8) is 0 Å². The van der Waals surface area contributed by atoms with Crippen LogP contribution in [0.1, 0.15) is 17.2 Å². The molecule has 3 rings (SSSR count). The summed E-state index contributed by atoms with van der Waals surface area (Å²) in [5.41, 5.74) is 6.17. The van der Waals surface area contributed by atoms with Crippen LogP contribution >= 0.6 is 0 Å². The molecule has 23 heavy (non-hydrogen) atoms. The van der Waals surface area contributed by atoms with Gasteiger partial charge < -0.3 is 5.11 Å². The molecule has 3 heteroatoms. The molecule has 0 aromatic heterocycles. The van der Waals surface area contributed by atoms with Crippen LogP contribution in [0.3, 0.4) is 0 Å². The van der Waals surface area contributed by atoms with Crippen molar-refractivity contribution in [1.29, 1.82) is 0 Å². The summed E-state index contributed by atoms with van der Waals surface area (Å²) in [6.45, 7) is 0. The highest BCUT2D eigenvalue weighted by Crippen LogP contribution is 2.19. The van der Waals surface area contributed by atoms with E-state index in [1.54, 1.807) is 0 Å². The molecule has 3 aromatic carbocycles. The maximum Gasteiger partial charge on any atom is 0.123 e. The summed E-state index contributed by atoms with van der Waals surface area (Å²) in [6.07, 6.45) is -0.796. The average molecular weight is 302 g/mol. The molecule has 3 nitrogen and oxygen atoms in total. The van der Waals surface area contributed by atoms with Crippen molar-refractivity contribution in [2.75, 3.05) is 5.43 Å². The van der Waals surface area contributed by atoms with Crippen molar-refractivity contribution in [2.24, 2.45) is 5.10 Å². The van der Waals surface area contributed by atoms with Crippen molar-refractivity contribution in [3.05, 3.63) is 102 Å². The number of anilines is 1. The zero-order valence-corrected chi connectivity index (χ0v) is 12.6. The second-order valence-corrected chi connectivity index (χ2v) is 5.15. The van der Waals surface area contributed by atoms with Crippen molar-refractivity contribution >= 4 is 11.4 Å². The molecule has 0 aliphatic carbocycles. The summed E-state index contributed by atoms with van der Waals surface area (Å²) in [4.78, 5) is 0. The van der Waals surface area contributed by atoms with E-state index in [2.05, 4.69) is 10.5 Å². The maximum absolute atomic E-state index is 10.7. The van der Waals surface area contributed by atoms with E-state index in [0.717, 1.165) is 16.8 Å². The molecule has 0 bridgehead atoms. The summed E-state index contributed by atoms with van der Waals surface area (Å²) < 4.78 is 0. The van der Waals surface area contributed by atoms with Gasteiger partial charge in [0.15, 0.2) is 0 Å². The predicted octanol–water partition coefficient (Wildman–Crippen LogP) is 4.24. The fourth-order valence-electron chi connectivity index (χ4n) is 2.32. The van der Waals surface area contributed by atoms with E-state index < -0.39 is 6.10 Å². The van der Waals surface area contributed by atoms with Gasteiger partial charge in [-0.25, -0.2) is 0 Å². The smallest absolute Gasteiger partial charge is 0.123 e. The zero-order chi connectivity index (χ0) is 15.9. The molecule has 0 amide bonds. The topological polar surface area (TPSA) is 44.6 Å². The molecule has 0 aliphatic heterocycles. The predicted molar refractivity (Wildman–Crippen MR) is 94.4 cm³/mol. The van der Waals surface area contributed by atoms with Crippen molar-refractivity contribution in [1.82, 2.24) is 0 Å². The first kappa shape index (κ1) is 15.0. The van der Waals surface area contributed by atoms with Gasteiger partial charge in [-0.1, -0.05) is 78.9 Å². The second-order valence-electron chi connectivity index (χ2n) is 5.15. The number of hydrazone groups is 1. The molecule has 0 aliphatic rings. The highest BCUT2D eigenvalue weighted by Gasteiger charge is 2.17. The third-order valence-electron chi connectivity index (χ3n) is 3.52. The Morgan fingerprint density at radius 1 is 0.739 bits per heavy atom. The van der Waals surface area contributed by atoms with Crippen LogP contribution in [0.15, 0.2) is 96.1 Å². The van der Waals surface area contributed by atoms with Gasteiger partial charge in [0.1, 0.15) is 11.8 Å². The van der Waals surface area contributed by atoms with Gasteiger partial charge in [0, 0.05) is 5.56 Å². The molecule has 3 aromatic rings. The van der Waals surface area contributed by atoms with Gasteiger partial charge in [-0.2, -0.15) is 5.10 Å². The lowest BCUT2D eigenvalue weighted by Crippen LogP contribution is -2.15. The van der Waals surface area contributed by atoms with Gasteiger partial charge in [-0.05, 0) is 17.7 Å². The third kappa shape index (κ3) is 3.84. The molecule has 0 saturated carbocycles. The van der Waals surface area contributed by atoms with Gasteiger partial charge in [0.25, 0.3) is 0 Å². The number of hydrogen-bond donors (Lipinski definition) is 2. The van der Waals surface area contributed by atoms with E-state index >= 15 is 0 Å². The lowest BCUT2D eigenvalue weighted by atomic mass is 9.99. The van der Waals surface area contributed by atoms with Gasteiger partial charge in [-0.15, -0.1) is 0 Å². The molecule has 0 unspecified atom stereocenters. The molecule has 0 radical (unpaired) electrons. The van der Waals surface area contributed by atoms with E-state index in [1.807, 2.05) is 91.0 Å². The number of benzene rings is 3. The van der Waals surface area contributed by atoms with E-state index in [4.69, 9.17) is 0 Å². The van der Waals surface area contributed by atoms with Crippen LogP contribution in [-0.4, -0.2) is 10.8 Å². The Hall–Kier alpha value is -2.91. The average Bonchev–Trinajstić information content (AvgIpc) is 2.64. The molecular formula is C20H18N2O. The minimum Gasteiger partial charge on any atom is -0.382 e. The normalized spacial score (nSPS) is 12.7. The lowest BCUT2D eigenvalue weighted by molar-refractivity contribution is 0.248. The van der Waals surface area contributed by atoms with Crippen LogP contribution in [0.2, 0.25) is 0 Å². The number of nitrogens with zero attached hydrogens (tertiary/aromatic N) is 1. The minimum absolute atomic E-state index is 0.584. The Kier molecular flexibility index (Phi) is 4.82. The first-order valence-corrected chi connectivity index (χ1v) is 7.51. The van der Waals surface area contributed by atoms with Crippen LogP contribution in [0.4, 0.5) is 5.69 Å². The van der Waals surface area contributed by atoms with Gasteiger partial charge in [0.05, 0.1) is 5.69 Å². The van der Waals surface area contributed by atoms with E-state index in [0.29, 0.717) is 5.71 Å². The monoisotopic (exact) mass is 302 g/mol. The van der Waals surface area contributed by atoms with Crippen LogP contribution in [-0.2, 0) is 0 Å². The largest absolute Gasteiger partial charge is 0.382 e. The summed E-state index contributed by atoms with van der Waals surface area (Å²) in [6, 6.07) is 28.9. The van der Waals surface area contributed by atoms with Crippen molar-refractivity contribution in [3.8, 4) is 0 Å². The number of rotatable bonds is 5. The van der Waals surface area contributed by atoms with E-state index in [-0.39, 0.29) is 0 Å². The molecule has 0 fully saturated rings.